The van der Waals surface area contributed by atoms with Gasteiger partial charge >= 0.3 is 0 Å². The lowest BCUT2D eigenvalue weighted by atomic mass is 9.49. The van der Waals surface area contributed by atoms with Crippen LogP contribution in [-0.4, -0.2) is 53.7 Å². The maximum absolute atomic E-state index is 15.5. The Labute approximate surface area is 355 Å². The number of fused-ring (bicyclic) bond motifs is 4. The third kappa shape index (κ3) is 5.90. The number of methoxy groups -OCH3 is 2. The van der Waals surface area contributed by atoms with Crippen molar-refractivity contribution in [2.75, 3.05) is 24.5 Å². The summed E-state index contributed by atoms with van der Waals surface area (Å²) in [4.78, 5) is 74.1. The summed E-state index contributed by atoms with van der Waals surface area (Å²) in [6, 6.07) is 31.7. The van der Waals surface area contributed by atoms with Crippen molar-refractivity contribution in [1.82, 2.24) is 5.01 Å². The first kappa shape index (κ1) is 39.1. The van der Waals surface area contributed by atoms with Crippen LogP contribution in [0.15, 0.2) is 127 Å². The molecule has 0 bridgehead atoms. The van der Waals surface area contributed by atoms with Crippen molar-refractivity contribution in [1.29, 1.82) is 0 Å². The minimum absolute atomic E-state index is 0.0226. The van der Waals surface area contributed by atoms with Gasteiger partial charge in [0.1, 0.15) is 5.75 Å². The van der Waals surface area contributed by atoms with Gasteiger partial charge in [0.05, 0.1) is 53.8 Å². The van der Waals surface area contributed by atoms with E-state index < -0.39 is 58.6 Å². The number of anilines is 2. The number of phenolic OH excluding ortho intramolecular Hbond substituents is 1. The lowest BCUT2D eigenvalue weighted by molar-refractivity contribution is -0.138. The van der Waals surface area contributed by atoms with Crippen molar-refractivity contribution in [3.63, 3.8) is 0 Å². The lowest BCUT2D eigenvalue weighted by Gasteiger charge is -2.50. The Hall–Kier alpha value is -6.43. The number of hydrazine groups is 1. The number of rotatable bonds is 9. The minimum Gasteiger partial charge on any atom is -0.504 e. The Morgan fingerprint density at radius 1 is 0.783 bits per heavy atom. The van der Waals surface area contributed by atoms with E-state index in [1.165, 1.54) is 25.2 Å². The van der Waals surface area contributed by atoms with Crippen LogP contribution >= 0.6 is 23.2 Å². The third-order valence-electron chi connectivity index (χ3n) is 12.6. The molecule has 302 valence electrons. The van der Waals surface area contributed by atoms with Crippen molar-refractivity contribution >= 4 is 64.0 Å². The number of carbonyl (C=O) groups is 5. The van der Waals surface area contributed by atoms with Gasteiger partial charge in [-0.05, 0) is 85.0 Å². The fourth-order valence-electron chi connectivity index (χ4n) is 9.90. The fourth-order valence-corrected chi connectivity index (χ4v) is 10.3. The van der Waals surface area contributed by atoms with Gasteiger partial charge in [0.25, 0.3) is 11.8 Å². The molecule has 5 aromatic rings. The van der Waals surface area contributed by atoms with Crippen LogP contribution in [0.1, 0.15) is 45.8 Å². The van der Waals surface area contributed by atoms with Gasteiger partial charge in [-0.3, -0.25) is 34.3 Å². The number of halogens is 2. The molecule has 2 aliphatic heterocycles. The van der Waals surface area contributed by atoms with E-state index in [1.54, 1.807) is 103 Å². The van der Waals surface area contributed by atoms with Crippen LogP contribution < -0.4 is 19.8 Å². The van der Waals surface area contributed by atoms with Crippen molar-refractivity contribution < 1.29 is 38.6 Å². The fraction of sp³-hybridized carbons (Fsp3) is 0.213. The van der Waals surface area contributed by atoms with Crippen LogP contribution in [0.4, 0.5) is 11.4 Å². The molecule has 9 rings (SSSR count). The Morgan fingerprint density at radius 3 is 2.18 bits per heavy atom. The molecule has 11 nitrogen and oxygen atoms in total. The summed E-state index contributed by atoms with van der Waals surface area (Å²) >= 11 is 12.8. The second kappa shape index (κ2) is 15.0. The quantitative estimate of drug-likeness (QED) is 0.0855. The second-order valence-electron chi connectivity index (χ2n) is 15.4. The highest BCUT2D eigenvalue weighted by Crippen LogP contribution is 2.65. The molecule has 4 aliphatic rings. The van der Waals surface area contributed by atoms with Gasteiger partial charge in [-0.1, -0.05) is 89.4 Å². The summed E-state index contributed by atoms with van der Waals surface area (Å²) in [5.41, 5.74) is 4.21. The van der Waals surface area contributed by atoms with Crippen molar-refractivity contribution in [2.24, 2.45) is 23.7 Å². The van der Waals surface area contributed by atoms with E-state index in [2.05, 4.69) is 5.43 Å². The first-order valence-electron chi connectivity index (χ1n) is 19.4. The number of imide groups is 2. The molecule has 4 amide bonds. The molecule has 2 saturated heterocycles. The van der Waals surface area contributed by atoms with E-state index in [-0.39, 0.29) is 40.8 Å². The Bertz CT molecular complexity index is 2630. The van der Waals surface area contributed by atoms with Gasteiger partial charge in [0, 0.05) is 27.6 Å². The zero-order valence-electron chi connectivity index (χ0n) is 32.3. The summed E-state index contributed by atoms with van der Waals surface area (Å²) in [5.74, 6) is -6.28. The predicted octanol–water partition coefficient (Wildman–Crippen LogP) is 8.14. The van der Waals surface area contributed by atoms with E-state index in [0.29, 0.717) is 44.3 Å². The van der Waals surface area contributed by atoms with Crippen LogP contribution in [0.3, 0.4) is 0 Å². The molecule has 6 unspecified atom stereocenters. The van der Waals surface area contributed by atoms with Crippen LogP contribution in [0.25, 0.3) is 0 Å². The number of nitrogens with zero attached hydrogens (tertiary/aromatic N) is 2. The van der Waals surface area contributed by atoms with Gasteiger partial charge in [-0.2, -0.15) is 5.01 Å². The average molecular weight is 843 g/mol. The number of aromatic hydroxyl groups is 1. The lowest BCUT2D eigenvalue weighted by Crippen LogP contribution is -2.53. The number of hydrogen-bond acceptors (Lipinski definition) is 9. The molecule has 5 aromatic carbocycles. The minimum atomic E-state index is -1.68. The maximum Gasteiger partial charge on any atom is 0.260 e. The van der Waals surface area contributed by atoms with Crippen LogP contribution in [-0.2, 0) is 24.6 Å². The Balaban J connectivity index is 1.18. The highest BCUT2D eigenvalue weighted by molar-refractivity contribution is 6.36. The number of carbonyl (C=O) groups excluding carboxylic acids is 5. The molecular weight excluding hydrogens is 805 g/mol. The van der Waals surface area contributed by atoms with Crippen LogP contribution in [0.5, 0.6) is 17.2 Å². The molecule has 2 heterocycles. The van der Waals surface area contributed by atoms with Crippen LogP contribution in [0, 0.1) is 23.7 Å². The molecule has 6 atom stereocenters. The monoisotopic (exact) mass is 841 g/mol. The number of ketones is 1. The molecule has 2 N–H and O–H groups in total. The number of allylic oxidation sites excluding steroid dienone is 2. The number of para-hydroxylation sites is 1. The number of hydrogen-bond donors (Lipinski definition) is 2. The van der Waals surface area contributed by atoms with E-state index in [0.717, 1.165) is 5.01 Å². The predicted molar refractivity (Wildman–Crippen MR) is 224 cm³/mol. The summed E-state index contributed by atoms with van der Waals surface area (Å²) in [6.07, 6.45) is 2.09. The molecular formula is C47H37Cl2N3O8. The van der Waals surface area contributed by atoms with Crippen molar-refractivity contribution in [3.8, 4) is 17.2 Å². The number of benzene rings is 5. The molecule has 2 aliphatic carbocycles. The molecule has 60 heavy (non-hydrogen) atoms. The first-order chi connectivity index (χ1) is 29.0. The third-order valence-corrected chi connectivity index (χ3v) is 13.1. The largest absolute Gasteiger partial charge is 0.504 e. The Kier molecular flexibility index (Phi) is 9.76. The van der Waals surface area contributed by atoms with Crippen molar-refractivity contribution in [3.05, 3.63) is 159 Å². The number of amides is 4. The first-order valence-corrected chi connectivity index (χ1v) is 20.1. The molecule has 0 aromatic heterocycles. The van der Waals surface area contributed by atoms with Gasteiger partial charge in [-0.25, -0.2) is 0 Å². The van der Waals surface area contributed by atoms with Gasteiger partial charge in [0.15, 0.2) is 17.3 Å². The van der Waals surface area contributed by atoms with Crippen molar-refractivity contribution in [2.45, 2.75) is 24.2 Å². The number of ether oxygens (including phenoxy) is 2. The van der Waals surface area contributed by atoms with E-state index in [4.69, 9.17) is 32.7 Å². The average Bonchev–Trinajstić information content (AvgIpc) is 3.65. The maximum atomic E-state index is 15.5. The van der Waals surface area contributed by atoms with Crippen LogP contribution in [0.2, 0.25) is 10.0 Å². The van der Waals surface area contributed by atoms with E-state index in [1.807, 2.05) is 12.1 Å². The smallest absolute Gasteiger partial charge is 0.260 e. The number of nitrogens with one attached hydrogen (secondary N) is 1. The standard InChI is InChI=1S/C47H37Cl2N3O8/c1-59-30-18-13-27(14-19-30)47-35(44(56)52(46(47)58)50-37-22-15-28(48)23-36(37)49)24-34-31(40(47)33-9-6-10-38(60-2)42(33)54)20-21-32-39(34)45(57)51(43(32)55)29-16-11-26(12-17-29)41(53)25-7-4-3-5-8-25/h3-20,22-23,32,34-35,39-40,50,54H,21,24H2,1-2H3. The summed E-state index contributed by atoms with van der Waals surface area (Å²) in [5, 5.41) is 13.4. The number of phenols is 1. The summed E-state index contributed by atoms with van der Waals surface area (Å²) in [7, 11) is 2.94. The molecule has 0 spiro atoms. The van der Waals surface area contributed by atoms with E-state index >= 15 is 9.59 Å². The zero-order valence-corrected chi connectivity index (χ0v) is 33.8. The summed E-state index contributed by atoms with van der Waals surface area (Å²) < 4.78 is 11.0. The molecule has 0 radical (unpaired) electrons. The highest BCUT2D eigenvalue weighted by Gasteiger charge is 2.70. The highest BCUT2D eigenvalue weighted by atomic mass is 35.5. The normalized spacial score (nSPS) is 24.4. The SMILES string of the molecule is COc1ccc(C23C(=O)N(Nc4ccc(Cl)cc4Cl)C(=O)C2CC2C(=CCC4C(=O)N(c5ccc(C(=O)c6ccccc6)cc5)C(=O)C42)C3c2cccc(OC)c2O)cc1. The van der Waals surface area contributed by atoms with Gasteiger partial charge in [0.2, 0.25) is 11.8 Å². The molecule has 13 heteroatoms. The molecule has 3 fully saturated rings. The molecule has 1 saturated carbocycles. The van der Waals surface area contributed by atoms with E-state index in [9.17, 15) is 19.5 Å². The Morgan fingerprint density at radius 2 is 1.50 bits per heavy atom. The van der Waals surface area contributed by atoms with Gasteiger partial charge in [-0.15, -0.1) is 0 Å². The second-order valence-corrected chi connectivity index (χ2v) is 16.2. The van der Waals surface area contributed by atoms with Gasteiger partial charge < -0.3 is 14.6 Å². The zero-order chi connectivity index (χ0) is 42.0. The topological polar surface area (TPSA) is 143 Å². The summed E-state index contributed by atoms with van der Waals surface area (Å²) in [6.45, 7) is 0.